The van der Waals surface area contributed by atoms with Gasteiger partial charge in [-0.2, -0.15) is 0 Å². The molecule has 114 valence electrons. The Morgan fingerprint density at radius 2 is 2.24 bits per heavy atom. The van der Waals surface area contributed by atoms with Gasteiger partial charge in [0.2, 0.25) is 0 Å². The minimum absolute atomic E-state index is 0.198. The molecule has 1 unspecified atom stereocenters. The van der Waals surface area contributed by atoms with Crippen LogP contribution in [-0.2, 0) is 17.9 Å². The van der Waals surface area contributed by atoms with Crippen molar-refractivity contribution in [3.8, 4) is 0 Å². The van der Waals surface area contributed by atoms with Crippen molar-refractivity contribution in [2.75, 3.05) is 20.7 Å². The third-order valence-electron chi connectivity index (χ3n) is 3.64. The minimum atomic E-state index is 0.198. The van der Waals surface area contributed by atoms with Gasteiger partial charge in [-0.15, -0.1) is 11.3 Å². The van der Waals surface area contributed by atoms with Crippen LogP contribution in [0.4, 0.5) is 0 Å². The predicted octanol–water partition coefficient (Wildman–Crippen LogP) is 2.73. The molecule has 1 heterocycles. The Morgan fingerprint density at radius 1 is 1.43 bits per heavy atom. The first-order valence-corrected chi connectivity index (χ1v) is 7.90. The van der Waals surface area contributed by atoms with Gasteiger partial charge in [-0.05, 0) is 25.1 Å². The van der Waals surface area contributed by atoms with Gasteiger partial charge in [0.15, 0.2) is 0 Å². The second kappa shape index (κ2) is 7.66. The number of hydrogen-bond donors (Lipinski definition) is 1. The van der Waals surface area contributed by atoms with Crippen molar-refractivity contribution in [3.63, 3.8) is 0 Å². The SMILES string of the molecule is COCc1cccc(C(CN)N(C)Cc2scnc2C)c1. The van der Waals surface area contributed by atoms with Crippen LogP contribution in [-0.4, -0.2) is 30.6 Å². The van der Waals surface area contributed by atoms with E-state index in [0.29, 0.717) is 13.2 Å². The van der Waals surface area contributed by atoms with Gasteiger partial charge in [0.25, 0.3) is 0 Å². The van der Waals surface area contributed by atoms with Crippen LogP contribution in [0.5, 0.6) is 0 Å². The maximum Gasteiger partial charge on any atom is 0.0798 e. The lowest BCUT2D eigenvalue weighted by molar-refractivity contribution is 0.184. The number of rotatable bonds is 7. The molecule has 0 spiro atoms. The van der Waals surface area contributed by atoms with E-state index in [4.69, 9.17) is 10.5 Å². The highest BCUT2D eigenvalue weighted by Gasteiger charge is 2.17. The monoisotopic (exact) mass is 305 g/mol. The molecule has 2 aromatic rings. The molecule has 1 aromatic heterocycles. The van der Waals surface area contributed by atoms with Gasteiger partial charge in [-0.1, -0.05) is 24.3 Å². The third kappa shape index (κ3) is 4.11. The van der Waals surface area contributed by atoms with Gasteiger partial charge in [-0.25, -0.2) is 4.98 Å². The highest BCUT2D eigenvalue weighted by atomic mass is 32.1. The number of likely N-dealkylation sites (N-methyl/N-ethyl adjacent to an activating group) is 1. The maximum absolute atomic E-state index is 6.01. The summed E-state index contributed by atoms with van der Waals surface area (Å²) < 4.78 is 5.21. The Labute approximate surface area is 130 Å². The molecule has 0 aliphatic carbocycles. The number of aromatic nitrogens is 1. The van der Waals surface area contributed by atoms with Crippen LogP contribution in [0.1, 0.15) is 27.7 Å². The summed E-state index contributed by atoms with van der Waals surface area (Å²) >= 11 is 1.70. The van der Waals surface area contributed by atoms with Gasteiger partial charge in [-0.3, -0.25) is 4.90 Å². The Kier molecular flexibility index (Phi) is 5.87. The summed E-state index contributed by atoms with van der Waals surface area (Å²) in [4.78, 5) is 7.89. The molecule has 0 bridgehead atoms. The zero-order valence-corrected chi connectivity index (χ0v) is 13.7. The number of nitrogens with zero attached hydrogens (tertiary/aromatic N) is 2. The van der Waals surface area contributed by atoms with E-state index in [2.05, 4.69) is 48.1 Å². The van der Waals surface area contributed by atoms with Crippen molar-refractivity contribution in [1.82, 2.24) is 9.88 Å². The highest BCUT2D eigenvalue weighted by Crippen LogP contribution is 2.23. The molecule has 2 rings (SSSR count). The van der Waals surface area contributed by atoms with E-state index in [-0.39, 0.29) is 6.04 Å². The Morgan fingerprint density at radius 3 is 2.86 bits per heavy atom. The number of methoxy groups -OCH3 is 1. The fraction of sp³-hybridized carbons (Fsp3) is 0.438. The second-order valence-corrected chi connectivity index (χ2v) is 6.14. The first-order chi connectivity index (χ1) is 10.2. The molecule has 0 saturated heterocycles. The van der Waals surface area contributed by atoms with Crippen LogP contribution < -0.4 is 5.73 Å². The van der Waals surface area contributed by atoms with E-state index in [1.807, 2.05) is 5.51 Å². The van der Waals surface area contributed by atoms with E-state index in [0.717, 1.165) is 12.2 Å². The van der Waals surface area contributed by atoms with Crippen molar-refractivity contribution >= 4 is 11.3 Å². The first-order valence-electron chi connectivity index (χ1n) is 7.02. The molecule has 21 heavy (non-hydrogen) atoms. The molecule has 0 fully saturated rings. The zero-order chi connectivity index (χ0) is 15.2. The highest BCUT2D eigenvalue weighted by molar-refractivity contribution is 7.09. The van der Waals surface area contributed by atoms with Crippen molar-refractivity contribution < 1.29 is 4.74 Å². The smallest absolute Gasteiger partial charge is 0.0798 e. The van der Waals surface area contributed by atoms with Crippen LogP contribution in [0.2, 0.25) is 0 Å². The lowest BCUT2D eigenvalue weighted by atomic mass is 10.0. The van der Waals surface area contributed by atoms with Crippen molar-refractivity contribution in [3.05, 3.63) is 51.5 Å². The Balaban J connectivity index is 2.14. The number of thiazole rings is 1. The van der Waals surface area contributed by atoms with Gasteiger partial charge in [0.1, 0.15) is 0 Å². The van der Waals surface area contributed by atoms with Crippen LogP contribution in [0.15, 0.2) is 29.8 Å². The molecule has 0 aliphatic heterocycles. The van der Waals surface area contributed by atoms with Crippen LogP contribution >= 0.6 is 11.3 Å². The maximum atomic E-state index is 6.01. The molecule has 0 amide bonds. The summed E-state index contributed by atoms with van der Waals surface area (Å²) in [5.74, 6) is 0. The summed E-state index contributed by atoms with van der Waals surface area (Å²) in [6, 6.07) is 8.65. The largest absolute Gasteiger partial charge is 0.380 e. The second-order valence-electron chi connectivity index (χ2n) is 5.21. The van der Waals surface area contributed by atoms with E-state index in [1.54, 1.807) is 18.4 Å². The van der Waals surface area contributed by atoms with Crippen molar-refractivity contribution in [1.29, 1.82) is 0 Å². The third-order valence-corrected chi connectivity index (χ3v) is 4.56. The summed E-state index contributed by atoms with van der Waals surface area (Å²) in [6.07, 6.45) is 0. The van der Waals surface area contributed by atoms with E-state index in [1.165, 1.54) is 16.0 Å². The van der Waals surface area contributed by atoms with Gasteiger partial charge in [0.05, 0.1) is 17.8 Å². The standard InChI is InChI=1S/C16H23N3OS/c1-12-16(21-11-18-12)9-19(2)15(8-17)14-6-4-5-13(7-14)10-20-3/h4-7,11,15H,8-10,17H2,1-3H3. The number of ether oxygens (including phenoxy) is 1. The molecule has 1 atom stereocenters. The fourth-order valence-electron chi connectivity index (χ4n) is 2.44. The normalized spacial score (nSPS) is 12.8. The molecule has 4 nitrogen and oxygen atoms in total. The lowest BCUT2D eigenvalue weighted by Crippen LogP contribution is -2.30. The Hall–Kier alpha value is -1.27. The molecular formula is C16H23N3OS. The number of benzene rings is 1. The van der Waals surface area contributed by atoms with Crippen LogP contribution in [0, 0.1) is 6.92 Å². The zero-order valence-electron chi connectivity index (χ0n) is 12.9. The van der Waals surface area contributed by atoms with Crippen molar-refractivity contribution in [2.24, 2.45) is 5.73 Å². The first kappa shape index (κ1) is 16.1. The minimum Gasteiger partial charge on any atom is -0.380 e. The topological polar surface area (TPSA) is 51.4 Å². The van der Waals surface area contributed by atoms with E-state index < -0.39 is 0 Å². The lowest BCUT2D eigenvalue weighted by Gasteiger charge is -2.27. The molecule has 0 radical (unpaired) electrons. The quantitative estimate of drug-likeness (QED) is 0.854. The molecular weight excluding hydrogens is 282 g/mol. The summed E-state index contributed by atoms with van der Waals surface area (Å²) in [5.41, 5.74) is 11.4. The summed E-state index contributed by atoms with van der Waals surface area (Å²) in [6.45, 7) is 4.14. The average molecular weight is 305 g/mol. The molecule has 1 aromatic carbocycles. The molecule has 0 saturated carbocycles. The molecule has 0 aliphatic rings. The van der Waals surface area contributed by atoms with Gasteiger partial charge < -0.3 is 10.5 Å². The Bertz CT molecular complexity index is 570. The number of hydrogen-bond acceptors (Lipinski definition) is 5. The average Bonchev–Trinajstić information content (AvgIpc) is 2.86. The van der Waals surface area contributed by atoms with Gasteiger partial charge in [0, 0.05) is 31.1 Å². The van der Waals surface area contributed by atoms with Crippen LogP contribution in [0.3, 0.4) is 0 Å². The van der Waals surface area contributed by atoms with Crippen molar-refractivity contribution in [2.45, 2.75) is 26.1 Å². The van der Waals surface area contributed by atoms with E-state index in [9.17, 15) is 0 Å². The molecule has 2 N–H and O–H groups in total. The molecule has 5 heteroatoms. The summed E-state index contributed by atoms with van der Waals surface area (Å²) in [5, 5.41) is 0. The predicted molar refractivity (Wildman–Crippen MR) is 87.3 cm³/mol. The number of aryl methyl sites for hydroxylation is 1. The summed E-state index contributed by atoms with van der Waals surface area (Å²) in [7, 11) is 3.82. The van der Waals surface area contributed by atoms with Crippen LogP contribution in [0.25, 0.3) is 0 Å². The van der Waals surface area contributed by atoms with E-state index >= 15 is 0 Å². The fourth-order valence-corrected chi connectivity index (χ4v) is 3.28. The number of nitrogens with two attached hydrogens (primary N) is 1. The van der Waals surface area contributed by atoms with Gasteiger partial charge >= 0.3 is 0 Å².